The Hall–Kier alpha value is -1.56. The van der Waals surface area contributed by atoms with E-state index in [1.165, 1.54) is 7.11 Å². The van der Waals surface area contributed by atoms with E-state index >= 15 is 0 Å². The van der Waals surface area contributed by atoms with E-state index in [-0.39, 0.29) is 11.3 Å². The van der Waals surface area contributed by atoms with Crippen molar-refractivity contribution in [2.45, 2.75) is 31.4 Å². The fraction of sp³-hybridized carbons (Fsp3) is 0.636. The van der Waals surface area contributed by atoms with Gasteiger partial charge in [0.05, 0.1) is 25.6 Å². The number of nitrogens with two attached hydrogens (primary N) is 1. The average Bonchev–Trinajstić information content (AvgIpc) is 2.64. The van der Waals surface area contributed by atoms with E-state index < -0.39 is 5.97 Å². The summed E-state index contributed by atoms with van der Waals surface area (Å²) >= 11 is 0. The maximum Gasteiger partial charge on any atom is 0.360 e. The molecule has 1 aliphatic carbocycles. The van der Waals surface area contributed by atoms with Gasteiger partial charge in [-0.25, -0.2) is 9.78 Å². The van der Waals surface area contributed by atoms with E-state index in [4.69, 9.17) is 10.5 Å². The van der Waals surface area contributed by atoms with Crippen LogP contribution >= 0.6 is 0 Å². The third-order valence-electron chi connectivity index (χ3n) is 3.41. The van der Waals surface area contributed by atoms with Crippen LogP contribution in [0.15, 0.2) is 6.33 Å². The van der Waals surface area contributed by atoms with Gasteiger partial charge < -0.3 is 19.8 Å². The Balaban J connectivity index is 2.17. The van der Waals surface area contributed by atoms with E-state index in [0.717, 1.165) is 19.3 Å². The van der Waals surface area contributed by atoms with Crippen molar-refractivity contribution in [2.75, 3.05) is 20.0 Å². The van der Waals surface area contributed by atoms with Crippen molar-refractivity contribution in [1.29, 1.82) is 0 Å². The third-order valence-corrected chi connectivity index (χ3v) is 3.41. The van der Waals surface area contributed by atoms with Crippen LogP contribution in [0.25, 0.3) is 0 Å². The third kappa shape index (κ3) is 2.00. The molecule has 0 amide bonds. The van der Waals surface area contributed by atoms with E-state index in [9.17, 15) is 4.79 Å². The Labute approximate surface area is 99.7 Å². The molecule has 0 aromatic carbocycles. The molecule has 0 spiro atoms. The van der Waals surface area contributed by atoms with Crippen LogP contribution in [-0.4, -0.2) is 35.3 Å². The predicted octanol–water partition coefficient (Wildman–Crippen LogP) is 0.821. The topological polar surface area (TPSA) is 79.4 Å². The highest BCUT2D eigenvalue weighted by Crippen LogP contribution is 2.37. The van der Waals surface area contributed by atoms with Crippen LogP contribution < -0.4 is 5.73 Å². The van der Waals surface area contributed by atoms with Gasteiger partial charge in [0.2, 0.25) is 0 Å². The molecule has 1 fully saturated rings. The number of nitrogen functional groups attached to an aromatic ring is 1. The minimum Gasteiger partial charge on any atom is -0.464 e. The van der Waals surface area contributed by atoms with Crippen molar-refractivity contribution in [1.82, 2.24) is 9.55 Å². The molecule has 0 atom stereocenters. The zero-order chi connectivity index (χ0) is 12.5. The van der Waals surface area contributed by atoms with Crippen LogP contribution in [0.3, 0.4) is 0 Å². The number of anilines is 1. The zero-order valence-electron chi connectivity index (χ0n) is 10.1. The van der Waals surface area contributed by atoms with Gasteiger partial charge in [-0.15, -0.1) is 0 Å². The number of nitrogens with zero attached hydrogens (tertiary/aromatic N) is 2. The highest BCUT2D eigenvalue weighted by atomic mass is 16.5. The number of ether oxygens (including phenoxy) is 2. The van der Waals surface area contributed by atoms with Crippen LogP contribution in [-0.2, 0) is 16.0 Å². The molecule has 0 aliphatic heterocycles. The minimum atomic E-state index is -0.513. The number of hydrogen-bond donors (Lipinski definition) is 1. The van der Waals surface area contributed by atoms with E-state index in [1.54, 1.807) is 18.0 Å². The second kappa shape index (κ2) is 4.37. The molecule has 1 heterocycles. The maximum absolute atomic E-state index is 11.4. The largest absolute Gasteiger partial charge is 0.464 e. The fourth-order valence-electron chi connectivity index (χ4n) is 2.08. The lowest BCUT2D eigenvalue weighted by atomic mass is 9.80. The van der Waals surface area contributed by atoms with Crippen LogP contribution in [0.5, 0.6) is 0 Å². The van der Waals surface area contributed by atoms with Crippen LogP contribution in [0, 0.1) is 0 Å². The summed E-state index contributed by atoms with van der Waals surface area (Å²) < 4.78 is 11.9. The molecule has 17 heavy (non-hydrogen) atoms. The van der Waals surface area contributed by atoms with Crippen LogP contribution in [0.2, 0.25) is 0 Å². The molecule has 0 saturated heterocycles. The van der Waals surface area contributed by atoms with Gasteiger partial charge >= 0.3 is 5.97 Å². The molecular weight excluding hydrogens is 222 g/mol. The number of imidazole rings is 1. The van der Waals surface area contributed by atoms with E-state index in [0.29, 0.717) is 12.4 Å². The van der Waals surface area contributed by atoms with Gasteiger partial charge in [-0.3, -0.25) is 0 Å². The normalized spacial score (nSPS) is 17.5. The molecule has 1 saturated carbocycles. The summed E-state index contributed by atoms with van der Waals surface area (Å²) in [5, 5.41) is 0. The summed E-state index contributed by atoms with van der Waals surface area (Å²) in [6.07, 6.45) is 4.73. The van der Waals surface area contributed by atoms with Gasteiger partial charge in [-0.05, 0) is 19.3 Å². The second-order valence-corrected chi connectivity index (χ2v) is 4.34. The molecule has 2 N–H and O–H groups in total. The Morgan fingerprint density at radius 2 is 2.29 bits per heavy atom. The smallest absolute Gasteiger partial charge is 0.360 e. The van der Waals surface area contributed by atoms with Crippen molar-refractivity contribution in [3.63, 3.8) is 0 Å². The van der Waals surface area contributed by atoms with Gasteiger partial charge in [0.15, 0.2) is 5.69 Å². The summed E-state index contributed by atoms with van der Waals surface area (Å²) in [5.74, 6) is -0.179. The summed E-state index contributed by atoms with van der Waals surface area (Å²) in [6.45, 7) is 0.624. The van der Waals surface area contributed by atoms with Crippen molar-refractivity contribution in [3.05, 3.63) is 12.0 Å². The number of aromatic nitrogens is 2. The molecule has 6 heteroatoms. The first-order valence-corrected chi connectivity index (χ1v) is 5.56. The van der Waals surface area contributed by atoms with E-state index in [1.807, 2.05) is 0 Å². The van der Waals surface area contributed by atoms with Crippen molar-refractivity contribution < 1.29 is 14.3 Å². The number of carbonyl (C=O) groups excluding carboxylic acids is 1. The molecule has 1 aromatic rings. The number of carbonyl (C=O) groups is 1. The summed E-state index contributed by atoms with van der Waals surface area (Å²) in [7, 11) is 3.01. The van der Waals surface area contributed by atoms with Gasteiger partial charge in [0.25, 0.3) is 0 Å². The van der Waals surface area contributed by atoms with Gasteiger partial charge in [-0.1, -0.05) is 0 Å². The fourth-order valence-corrected chi connectivity index (χ4v) is 2.08. The Morgan fingerprint density at radius 1 is 1.59 bits per heavy atom. The zero-order valence-corrected chi connectivity index (χ0v) is 10.1. The highest BCUT2D eigenvalue weighted by Gasteiger charge is 2.38. The van der Waals surface area contributed by atoms with Crippen molar-refractivity contribution >= 4 is 11.8 Å². The molecule has 2 rings (SSSR count). The first kappa shape index (κ1) is 11.9. The van der Waals surface area contributed by atoms with Crippen molar-refractivity contribution in [3.8, 4) is 0 Å². The number of rotatable bonds is 4. The Bertz CT molecular complexity index is 418. The molecular formula is C11H17N3O3. The van der Waals surface area contributed by atoms with E-state index in [2.05, 4.69) is 9.72 Å². The molecule has 0 radical (unpaired) electrons. The molecule has 1 aromatic heterocycles. The lowest BCUT2D eigenvalue weighted by Crippen LogP contribution is -2.43. The highest BCUT2D eigenvalue weighted by molar-refractivity contribution is 5.92. The summed E-state index contributed by atoms with van der Waals surface area (Å²) in [6, 6.07) is 0. The predicted molar refractivity (Wildman–Crippen MR) is 61.6 cm³/mol. The van der Waals surface area contributed by atoms with Crippen molar-refractivity contribution in [2.24, 2.45) is 0 Å². The molecule has 94 valence electrons. The average molecular weight is 239 g/mol. The molecule has 0 unspecified atom stereocenters. The lowest BCUT2D eigenvalue weighted by molar-refractivity contribution is -0.0831. The first-order chi connectivity index (χ1) is 8.12. The molecule has 6 nitrogen and oxygen atoms in total. The first-order valence-electron chi connectivity index (χ1n) is 5.56. The maximum atomic E-state index is 11.4. The standard InChI is InChI=1S/C11H17N3O3/c1-16-10(15)8-9(12)14(7-13-8)6-11(17-2)4-3-5-11/h7H,3-6,12H2,1-2H3. The summed E-state index contributed by atoms with van der Waals surface area (Å²) in [5.41, 5.74) is 5.88. The quantitative estimate of drug-likeness (QED) is 0.787. The lowest BCUT2D eigenvalue weighted by Gasteiger charge is -2.40. The molecule has 1 aliphatic rings. The molecule has 0 bridgehead atoms. The van der Waals surface area contributed by atoms with Crippen LogP contribution in [0.1, 0.15) is 29.8 Å². The minimum absolute atomic E-state index is 0.151. The second-order valence-electron chi connectivity index (χ2n) is 4.34. The number of hydrogen-bond acceptors (Lipinski definition) is 5. The van der Waals surface area contributed by atoms with Crippen LogP contribution in [0.4, 0.5) is 5.82 Å². The SMILES string of the molecule is COC(=O)c1ncn(CC2(OC)CCC2)c1N. The summed E-state index contributed by atoms with van der Waals surface area (Å²) in [4.78, 5) is 15.3. The van der Waals surface area contributed by atoms with Gasteiger partial charge in [-0.2, -0.15) is 0 Å². The van der Waals surface area contributed by atoms with Gasteiger partial charge in [0.1, 0.15) is 5.82 Å². The van der Waals surface area contributed by atoms with Gasteiger partial charge in [0, 0.05) is 7.11 Å². The number of esters is 1. The Kier molecular flexibility index (Phi) is 3.06. The Morgan fingerprint density at radius 3 is 2.76 bits per heavy atom. The monoisotopic (exact) mass is 239 g/mol. The number of methoxy groups -OCH3 is 2.